The Bertz CT molecular complexity index is 6040. The Kier molecular flexibility index (Phi) is 47.2. The number of likely N-dealkylation sites (N-methyl/N-ethyl adjacent to an activating group) is 2. The number of carbonyl (C=O) groups excluding carboxylic acids is 3. The summed E-state index contributed by atoms with van der Waals surface area (Å²) >= 11 is 10.9. The summed E-state index contributed by atoms with van der Waals surface area (Å²) in [6.45, 7) is 14.0. The van der Waals surface area contributed by atoms with Gasteiger partial charge in [-0.2, -0.15) is 0 Å². The molecule has 4 heterocycles. The zero-order valence-corrected chi connectivity index (χ0v) is 88.5. The maximum Gasteiger partial charge on any atom is 0.153 e. The number of nitrogens with one attached hydrogen (secondary N) is 4. The molecule has 9 N–H and O–H groups in total. The molecular formula is C110H144Cl2N18O16. The first-order valence-corrected chi connectivity index (χ1v) is 49.7. The third-order valence-corrected chi connectivity index (χ3v) is 23.2. The van der Waals surface area contributed by atoms with E-state index in [1.54, 1.807) is 68.8 Å². The van der Waals surface area contributed by atoms with Gasteiger partial charge in [0.1, 0.15) is 124 Å². The second-order valence-corrected chi connectivity index (χ2v) is 36.8. The minimum absolute atomic E-state index is 0.0562. The number of phenols is 1. The number of hydrogen-bond donors (Lipinski definition) is 7. The maximum atomic E-state index is 11.1. The van der Waals surface area contributed by atoms with E-state index in [-0.39, 0.29) is 11.3 Å². The Morgan fingerprint density at radius 2 is 0.568 bits per heavy atom. The summed E-state index contributed by atoms with van der Waals surface area (Å²) in [5.41, 5.74) is 24.0. The highest BCUT2D eigenvalue weighted by molar-refractivity contribution is 6.18. The van der Waals surface area contributed by atoms with Gasteiger partial charge in [0.05, 0.1) is 138 Å². The highest BCUT2D eigenvalue weighted by Crippen LogP contribution is 2.39. The number of benzene rings is 10. The lowest BCUT2D eigenvalue weighted by Gasteiger charge is -2.19. The van der Waals surface area contributed by atoms with E-state index in [2.05, 4.69) is 130 Å². The van der Waals surface area contributed by atoms with E-state index in [4.69, 9.17) is 117 Å². The summed E-state index contributed by atoms with van der Waals surface area (Å²) in [5.74, 6) is 12.3. The Balaban J connectivity index is 0.000000281. The first-order chi connectivity index (χ1) is 70.5. The Morgan fingerprint density at radius 3 is 0.870 bits per heavy atom. The zero-order chi connectivity index (χ0) is 105. The number of ether oxygens (including phenoxy) is 12. The molecule has 10 aromatic carbocycles. The van der Waals surface area contributed by atoms with Crippen LogP contribution < -0.4 is 68.3 Å². The van der Waals surface area contributed by atoms with Gasteiger partial charge < -0.3 is 123 Å². The van der Waals surface area contributed by atoms with Crippen molar-refractivity contribution >= 4 is 97.6 Å². The van der Waals surface area contributed by atoms with Crippen molar-refractivity contribution in [3.8, 4) is 120 Å². The SMILES string of the molecule is CN(C)CCCOc1ccc(N)c(N)c1.CN(C)CCCOc1ccc2nc(-c3ccc(-c4nc5ccc(OCCCN(C)C)cc5[nH]4)c(OCCN(C)CCOc4cc(-c5nc6ccc(OCCCN(C)C)cc6[nH]5)ccc4-c4nc5ccc(OCCCN(C)C)cc5[nH]4)c3)[nH]c2c1.CN(CCCl)CCCl.COc1ccc(C=O)c(O)c1.COc1ccc(C=O)c(OCCN(C)CCOc2cc(OC)ccc2C=O)c1. The molecule has 36 heteroatoms. The number of alkyl halides is 2. The Labute approximate surface area is 866 Å². The van der Waals surface area contributed by atoms with Gasteiger partial charge in [0.2, 0.25) is 0 Å². The molecule has 4 aromatic heterocycles. The van der Waals surface area contributed by atoms with E-state index in [9.17, 15) is 14.4 Å². The fourth-order valence-electron chi connectivity index (χ4n) is 14.7. The molecule has 0 aliphatic carbocycles. The third-order valence-electron chi connectivity index (χ3n) is 22.9. The number of aromatic hydroxyl groups is 1. The zero-order valence-electron chi connectivity index (χ0n) is 87.0. The Morgan fingerprint density at radius 1 is 0.288 bits per heavy atom. The van der Waals surface area contributed by atoms with Crippen LogP contribution in [-0.2, 0) is 0 Å². The van der Waals surface area contributed by atoms with Crippen LogP contribution in [0.3, 0.4) is 0 Å². The molecule has 0 unspecified atom stereocenters. The quantitative estimate of drug-likeness (QED) is 0.00805. The van der Waals surface area contributed by atoms with Gasteiger partial charge >= 0.3 is 0 Å². The highest BCUT2D eigenvalue weighted by Gasteiger charge is 2.21. The van der Waals surface area contributed by atoms with Crippen molar-refractivity contribution in [3.05, 3.63) is 199 Å². The molecule has 0 amide bonds. The van der Waals surface area contributed by atoms with Crippen molar-refractivity contribution in [2.45, 2.75) is 32.1 Å². The summed E-state index contributed by atoms with van der Waals surface area (Å²) < 4.78 is 70.1. The average Bonchev–Trinajstić information content (AvgIpc) is 1.63. The number of nitrogen functional groups attached to an aromatic ring is 2. The smallest absolute Gasteiger partial charge is 0.153 e. The van der Waals surface area contributed by atoms with Crippen molar-refractivity contribution in [2.24, 2.45) is 0 Å². The van der Waals surface area contributed by atoms with Crippen molar-refractivity contribution in [3.63, 3.8) is 0 Å². The molecule has 0 bridgehead atoms. The molecule has 0 fully saturated rings. The molecule has 14 rings (SSSR count). The van der Waals surface area contributed by atoms with Gasteiger partial charge in [-0.3, -0.25) is 24.2 Å². The molecule has 0 radical (unpaired) electrons. The van der Waals surface area contributed by atoms with Gasteiger partial charge in [-0.15, -0.1) is 23.2 Å². The van der Waals surface area contributed by atoms with E-state index in [1.165, 1.54) is 19.2 Å². The second-order valence-electron chi connectivity index (χ2n) is 36.1. The predicted molar refractivity (Wildman–Crippen MR) is 585 cm³/mol. The lowest BCUT2D eigenvalue weighted by molar-refractivity contribution is 0.111. The minimum Gasteiger partial charge on any atom is -0.507 e. The van der Waals surface area contributed by atoms with Crippen LogP contribution in [0, 0.1) is 0 Å². The molecular weight excluding hydrogens is 1900 g/mol. The van der Waals surface area contributed by atoms with Gasteiger partial charge in [0.25, 0.3) is 0 Å². The second kappa shape index (κ2) is 60.3. The number of imidazole rings is 4. The molecule has 784 valence electrons. The number of aromatic nitrogens is 8. The monoisotopic (exact) mass is 2040 g/mol. The normalized spacial score (nSPS) is 11.2. The Hall–Kier alpha value is -13.7. The predicted octanol–water partition coefficient (Wildman–Crippen LogP) is 17.1. The minimum atomic E-state index is -0.0562. The van der Waals surface area contributed by atoms with Gasteiger partial charge in [-0.1, -0.05) is 12.1 Å². The summed E-state index contributed by atoms with van der Waals surface area (Å²) in [4.78, 5) is 83.8. The van der Waals surface area contributed by atoms with Crippen LogP contribution in [0.5, 0.6) is 74.7 Å². The molecule has 0 aliphatic heterocycles. The number of hydrogen-bond acceptors (Lipinski definition) is 30. The number of anilines is 2. The van der Waals surface area contributed by atoms with Gasteiger partial charge in [-0.25, -0.2) is 19.9 Å². The number of nitrogens with two attached hydrogens (primary N) is 2. The van der Waals surface area contributed by atoms with Crippen LogP contribution in [0.1, 0.15) is 63.2 Å². The highest BCUT2D eigenvalue weighted by atomic mass is 35.5. The summed E-state index contributed by atoms with van der Waals surface area (Å²) in [7, 11) is 31.3. The molecule has 0 atom stereocenters. The van der Waals surface area contributed by atoms with Crippen LogP contribution in [0.15, 0.2) is 182 Å². The number of H-pyrrole nitrogens is 4. The number of fused-ring (bicyclic) bond motifs is 4. The molecule has 146 heavy (non-hydrogen) atoms. The van der Waals surface area contributed by atoms with Crippen molar-refractivity contribution in [1.29, 1.82) is 0 Å². The first-order valence-electron chi connectivity index (χ1n) is 48.6. The van der Waals surface area contributed by atoms with Crippen LogP contribution in [0.25, 0.3) is 89.7 Å². The van der Waals surface area contributed by atoms with Gasteiger partial charge in [0, 0.05) is 143 Å². The summed E-state index contributed by atoms with van der Waals surface area (Å²) in [5, 5.41) is 9.11. The van der Waals surface area contributed by atoms with E-state index < -0.39 is 0 Å². The number of aldehydes is 3. The van der Waals surface area contributed by atoms with Crippen molar-refractivity contribution in [1.82, 2.24) is 79.1 Å². The molecule has 0 saturated carbocycles. The third kappa shape index (κ3) is 37.4. The van der Waals surface area contributed by atoms with E-state index >= 15 is 0 Å². The lowest BCUT2D eigenvalue weighted by Crippen LogP contribution is -2.28. The molecule has 14 aromatic rings. The number of nitrogens with zero attached hydrogens (tertiary/aromatic N) is 12. The summed E-state index contributed by atoms with van der Waals surface area (Å²) in [6, 6.07) is 56.2. The van der Waals surface area contributed by atoms with E-state index in [0.717, 1.165) is 197 Å². The van der Waals surface area contributed by atoms with E-state index in [0.29, 0.717) is 178 Å². The first kappa shape index (κ1) is 114. The van der Waals surface area contributed by atoms with Gasteiger partial charge in [-0.05, 0) is 245 Å². The summed E-state index contributed by atoms with van der Waals surface area (Å²) in [6.07, 6.45) is 6.83. The molecule has 0 aliphatic rings. The fourth-order valence-corrected chi connectivity index (χ4v) is 15.2. The topological polar surface area (TPSA) is 375 Å². The maximum absolute atomic E-state index is 11.1. The number of methoxy groups -OCH3 is 3. The van der Waals surface area contributed by atoms with Gasteiger partial charge in [0.15, 0.2) is 18.9 Å². The van der Waals surface area contributed by atoms with Crippen LogP contribution in [0.2, 0.25) is 0 Å². The van der Waals surface area contributed by atoms with Crippen LogP contribution >= 0.6 is 23.2 Å². The van der Waals surface area contributed by atoms with Crippen molar-refractivity contribution < 1.29 is 76.3 Å². The van der Waals surface area contributed by atoms with E-state index in [1.807, 2.05) is 136 Å². The number of carbonyl (C=O) groups is 3. The largest absolute Gasteiger partial charge is 0.507 e. The number of rotatable bonds is 55. The molecule has 0 spiro atoms. The number of aromatic amines is 4. The number of halogens is 2. The number of phenolic OH excluding ortho intramolecular Hbond substituents is 1. The van der Waals surface area contributed by atoms with Crippen LogP contribution in [0.4, 0.5) is 11.4 Å². The van der Waals surface area contributed by atoms with Crippen LogP contribution in [-0.4, -0.2) is 359 Å². The fraction of sp³-hybridized carbons (Fsp3) is 0.391. The molecule has 34 nitrogen and oxygen atoms in total. The van der Waals surface area contributed by atoms with Crippen molar-refractivity contribution in [2.75, 3.05) is 268 Å². The lowest BCUT2D eigenvalue weighted by atomic mass is 10.1. The average molecular weight is 2050 g/mol. The molecule has 0 saturated heterocycles. The standard InChI is InChI=1S/C65H81N13O6.C21H25NO6.C11H19N3O.C8H8O3.C5H11Cl2N/c1-74(2)26-10-32-79-46-16-22-52-56(40-46)70-62(66-52)44-14-20-50(64-68-54-24-18-48(42-58(54)72-64)81-34-12-28-76(5)6)60(38-44)83-36-30-78(9)31-37-84-61-39-45(63-67-53-23-17-47(41-57(53)71-63)80-33-11-27-75(3)4)15-21-51(61)65-69-55-25-19-49(43-59(55)73-65)82-35-13-29-77(7)8;1-22(8-10-27-20-12-18(25-2)6-4-16(20)14-23)9-11-28-21-13-19(26-3)7-5-17(21)15-24;1-14(2)6-3-7-15-9-4-5-10(12)11(13)8-9;1-11-7-3-2-6(5-9)8(10)4-7;1-8(4-2-6)5-3-7/h14-25,38-43H,10-13,26-37H2,1-9H3,(H,66,70)(H,67,71)(H,68,72)(H,69,73);4-7,12-15H,8-11H2,1-3H3;4-5,8H,3,6-7,12-13H2,1-2H3;2-5,10H,1H3;2-5H2,1H3.